The molecule has 0 saturated carbocycles. The standard InChI is InChI=1S/C11H13NO3S2/c1-14-10(15-2)6-16-11-12-8-4-3-7(13)5-9(8)17-11/h3-5,10,13H,6H2,1-2H3. The van der Waals surface area contributed by atoms with Crippen molar-refractivity contribution in [3.63, 3.8) is 0 Å². The zero-order valence-corrected chi connectivity index (χ0v) is 11.2. The Labute approximate surface area is 108 Å². The van der Waals surface area contributed by atoms with Crippen molar-refractivity contribution in [3.05, 3.63) is 18.2 Å². The molecule has 6 heteroatoms. The van der Waals surface area contributed by atoms with Crippen LogP contribution in [0.25, 0.3) is 10.2 Å². The van der Waals surface area contributed by atoms with Crippen LogP contribution in [-0.2, 0) is 9.47 Å². The first kappa shape index (κ1) is 12.6. The van der Waals surface area contributed by atoms with Gasteiger partial charge in [0.05, 0.1) is 16.0 Å². The van der Waals surface area contributed by atoms with Gasteiger partial charge in [-0.15, -0.1) is 11.3 Å². The number of rotatable bonds is 5. The van der Waals surface area contributed by atoms with Gasteiger partial charge >= 0.3 is 0 Å². The van der Waals surface area contributed by atoms with E-state index in [2.05, 4.69) is 4.98 Å². The maximum absolute atomic E-state index is 9.37. The van der Waals surface area contributed by atoms with Crippen LogP contribution in [-0.4, -0.2) is 36.4 Å². The highest BCUT2D eigenvalue weighted by Crippen LogP contribution is 2.31. The minimum absolute atomic E-state index is 0.222. The van der Waals surface area contributed by atoms with Crippen LogP contribution in [0.5, 0.6) is 5.75 Å². The van der Waals surface area contributed by atoms with Gasteiger partial charge in [0.2, 0.25) is 0 Å². The molecule has 1 heterocycles. The fourth-order valence-electron chi connectivity index (χ4n) is 1.33. The molecule has 1 N–H and O–H groups in total. The molecule has 0 unspecified atom stereocenters. The summed E-state index contributed by atoms with van der Waals surface area (Å²) in [4.78, 5) is 4.45. The number of ether oxygens (including phenoxy) is 2. The van der Waals surface area contributed by atoms with E-state index in [1.165, 1.54) is 0 Å². The number of aromatic hydroxyl groups is 1. The van der Waals surface area contributed by atoms with E-state index >= 15 is 0 Å². The summed E-state index contributed by atoms with van der Waals surface area (Å²) >= 11 is 3.14. The van der Waals surface area contributed by atoms with Crippen molar-refractivity contribution in [2.45, 2.75) is 10.6 Å². The lowest BCUT2D eigenvalue weighted by molar-refractivity contribution is -0.0842. The molecular formula is C11H13NO3S2. The average molecular weight is 271 g/mol. The zero-order valence-electron chi connectivity index (χ0n) is 9.54. The van der Waals surface area contributed by atoms with Crippen molar-refractivity contribution in [1.82, 2.24) is 4.98 Å². The monoisotopic (exact) mass is 271 g/mol. The number of methoxy groups -OCH3 is 2. The highest BCUT2D eigenvalue weighted by Gasteiger charge is 2.09. The molecule has 4 nitrogen and oxygen atoms in total. The van der Waals surface area contributed by atoms with Crippen molar-refractivity contribution in [3.8, 4) is 5.75 Å². The molecule has 0 spiro atoms. The molecule has 1 aromatic carbocycles. The quantitative estimate of drug-likeness (QED) is 0.669. The molecule has 92 valence electrons. The van der Waals surface area contributed by atoms with Gasteiger partial charge in [0, 0.05) is 14.2 Å². The van der Waals surface area contributed by atoms with Gasteiger partial charge in [-0.1, -0.05) is 11.8 Å². The Balaban J connectivity index is 2.09. The number of hydrogen-bond acceptors (Lipinski definition) is 6. The van der Waals surface area contributed by atoms with Crippen LogP contribution in [0, 0.1) is 0 Å². The maximum Gasteiger partial charge on any atom is 0.166 e. The van der Waals surface area contributed by atoms with Gasteiger partial charge in [0.1, 0.15) is 5.75 Å². The van der Waals surface area contributed by atoms with Gasteiger partial charge in [-0.2, -0.15) is 0 Å². The van der Waals surface area contributed by atoms with E-state index in [1.807, 2.05) is 6.07 Å². The summed E-state index contributed by atoms with van der Waals surface area (Å²) in [6.07, 6.45) is -0.222. The Morgan fingerprint density at radius 1 is 1.41 bits per heavy atom. The van der Waals surface area contributed by atoms with Gasteiger partial charge in [-0.3, -0.25) is 0 Å². The summed E-state index contributed by atoms with van der Waals surface area (Å²) in [5.74, 6) is 0.961. The number of hydrogen-bond donors (Lipinski definition) is 1. The highest BCUT2D eigenvalue weighted by atomic mass is 32.2. The minimum atomic E-state index is -0.222. The molecule has 0 aliphatic heterocycles. The van der Waals surface area contributed by atoms with Gasteiger partial charge in [0.25, 0.3) is 0 Å². The summed E-state index contributed by atoms with van der Waals surface area (Å²) in [6.45, 7) is 0. The van der Waals surface area contributed by atoms with Crippen LogP contribution < -0.4 is 0 Å². The summed E-state index contributed by atoms with van der Waals surface area (Å²) < 4.78 is 12.2. The highest BCUT2D eigenvalue weighted by molar-refractivity contribution is 8.01. The van der Waals surface area contributed by atoms with E-state index in [-0.39, 0.29) is 12.0 Å². The lowest BCUT2D eigenvalue weighted by atomic mass is 10.3. The van der Waals surface area contributed by atoms with E-state index in [4.69, 9.17) is 9.47 Å². The predicted molar refractivity (Wildman–Crippen MR) is 69.8 cm³/mol. The number of fused-ring (bicyclic) bond motifs is 1. The van der Waals surface area contributed by atoms with Gasteiger partial charge in [-0.25, -0.2) is 4.98 Å². The second kappa shape index (κ2) is 5.68. The van der Waals surface area contributed by atoms with E-state index in [0.717, 1.165) is 14.6 Å². The number of nitrogens with zero attached hydrogens (tertiary/aromatic N) is 1. The first-order valence-corrected chi connectivity index (χ1v) is 6.81. The van der Waals surface area contributed by atoms with E-state index in [9.17, 15) is 5.11 Å². The summed E-state index contributed by atoms with van der Waals surface area (Å²) in [5.41, 5.74) is 0.904. The number of thiazole rings is 1. The van der Waals surface area contributed by atoms with Gasteiger partial charge < -0.3 is 14.6 Å². The third kappa shape index (κ3) is 3.10. The number of thioether (sulfide) groups is 1. The predicted octanol–water partition coefficient (Wildman–Crippen LogP) is 2.71. The van der Waals surface area contributed by atoms with Crippen LogP contribution >= 0.6 is 23.1 Å². The molecule has 0 fully saturated rings. The largest absolute Gasteiger partial charge is 0.508 e. The lowest BCUT2D eigenvalue weighted by Crippen LogP contribution is -2.15. The lowest BCUT2D eigenvalue weighted by Gasteiger charge is -2.10. The summed E-state index contributed by atoms with van der Waals surface area (Å²) in [5, 5.41) is 9.37. The fraction of sp³-hybridized carbons (Fsp3) is 0.364. The van der Waals surface area contributed by atoms with E-state index < -0.39 is 0 Å². The van der Waals surface area contributed by atoms with Crippen molar-refractivity contribution in [1.29, 1.82) is 0 Å². The Kier molecular flexibility index (Phi) is 4.22. The average Bonchev–Trinajstić information content (AvgIpc) is 2.72. The van der Waals surface area contributed by atoms with Gasteiger partial charge in [0.15, 0.2) is 10.6 Å². The third-order valence-corrected chi connectivity index (χ3v) is 4.41. The molecule has 0 bridgehead atoms. The van der Waals surface area contributed by atoms with Crippen LogP contribution in [0.4, 0.5) is 0 Å². The molecule has 0 aliphatic rings. The van der Waals surface area contributed by atoms with Crippen molar-refractivity contribution in [2.24, 2.45) is 0 Å². The molecule has 0 atom stereocenters. The smallest absolute Gasteiger partial charge is 0.166 e. The van der Waals surface area contributed by atoms with Crippen LogP contribution in [0.2, 0.25) is 0 Å². The topological polar surface area (TPSA) is 51.6 Å². The van der Waals surface area contributed by atoms with Crippen molar-refractivity contribution >= 4 is 33.3 Å². The normalized spacial score (nSPS) is 11.5. The maximum atomic E-state index is 9.37. The minimum Gasteiger partial charge on any atom is -0.508 e. The van der Waals surface area contributed by atoms with Crippen molar-refractivity contribution < 1.29 is 14.6 Å². The second-order valence-corrected chi connectivity index (χ2v) is 5.64. The molecule has 0 radical (unpaired) electrons. The second-order valence-electron chi connectivity index (χ2n) is 3.34. The first-order valence-electron chi connectivity index (χ1n) is 5.01. The Morgan fingerprint density at radius 2 is 2.18 bits per heavy atom. The van der Waals surface area contributed by atoms with Crippen molar-refractivity contribution in [2.75, 3.05) is 20.0 Å². The molecular weight excluding hydrogens is 258 g/mol. The fourth-order valence-corrected chi connectivity index (χ4v) is 3.48. The Bertz CT molecular complexity index is 496. The van der Waals surface area contributed by atoms with Crippen LogP contribution in [0.15, 0.2) is 22.5 Å². The van der Waals surface area contributed by atoms with E-state index in [0.29, 0.717) is 5.75 Å². The third-order valence-electron chi connectivity index (χ3n) is 2.22. The molecule has 2 aromatic rings. The molecule has 0 saturated heterocycles. The SMILES string of the molecule is COC(CSc1nc2ccc(O)cc2s1)OC. The number of phenolic OH excluding ortho intramolecular Hbond substituents is 1. The molecule has 0 aliphatic carbocycles. The first-order chi connectivity index (χ1) is 8.22. The number of benzene rings is 1. The summed E-state index contributed by atoms with van der Waals surface area (Å²) in [6, 6.07) is 5.18. The summed E-state index contributed by atoms with van der Waals surface area (Å²) in [7, 11) is 3.23. The molecule has 1 aromatic heterocycles. The van der Waals surface area contributed by atoms with Crippen LogP contribution in [0.3, 0.4) is 0 Å². The van der Waals surface area contributed by atoms with E-state index in [1.54, 1.807) is 49.5 Å². The van der Waals surface area contributed by atoms with Crippen LogP contribution in [0.1, 0.15) is 0 Å². The molecule has 17 heavy (non-hydrogen) atoms. The zero-order chi connectivity index (χ0) is 12.3. The molecule has 0 amide bonds. The van der Waals surface area contributed by atoms with Gasteiger partial charge in [-0.05, 0) is 18.2 Å². The number of phenols is 1. The Morgan fingerprint density at radius 3 is 2.88 bits per heavy atom. The Hall–Kier alpha value is -0.820. The number of aromatic nitrogens is 1. The molecule has 2 rings (SSSR count).